The molecule has 0 radical (unpaired) electrons. The van der Waals surface area contributed by atoms with Gasteiger partial charge >= 0.3 is 5.97 Å². The molecule has 0 aromatic carbocycles. The standard InChI is InChI=1S/C40H81NO3/c1-2-3-4-5-6-7-8-9-10-11-12-13-14-15-16-17-18-19-20-21-22-23-24-25-26-27-28-29-30-31-32-33-38-44-39-34-36-41-37-35-40(42)43/h41H,2-39H2,1H3,(H,42,43). The molecule has 0 atom stereocenters. The van der Waals surface area contributed by atoms with Gasteiger partial charge in [-0.1, -0.05) is 206 Å². The second kappa shape index (κ2) is 40.4. The topological polar surface area (TPSA) is 58.6 Å². The molecular formula is C40H81NO3. The minimum atomic E-state index is -0.740. The zero-order chi connectivity index (χ0) is 31.9. The molecule has 0 aliphatic heterocycles. The van der Waals surface area contributed by atoms with Crippen LogP contribution in [0.1, 0.15) is 225 Å². The van der Waals surface area contributed by atoms with E-state index >= 15 is 0 Å². The molecule has 0 aliphatic carbocycles. The van der Waals surface area contributed by atoms with E-state index < -0.39 is 5.97 Å². The summed E-state index contributed by atoms with van der Waals surface area (Å²) in [6.07, 6.45) is 47.3. The summed E-state index contributed by atoms with van der Waals surface area (Å²) in [6, 6.07) is 0. The lowest BCUT2D eigenvalue weighted by atomic mass is 10.0. The maximum atomic E-state index is 10.4. The van der Waals surface area contributed by atoms with Crippen molar-refractivity contribution < 1.29 is 14.6 Å². The zero-order valence-electron chi connectivity index (χ0n) is 30.1. The van der Waals surface area contributed by atoms with Gasteiger partial charge in [0.2, 0.25) is 0 Å². The number of rotatable bonds is 40. The van der Waals surface area contributed by atoms with E-state index in [1.54, 1.807) is 0 Å². The highest BCUT2D eigenvalue weighted by Crippen LogP contribution is 2.16. The van der Waals surface area contributed by atoms with Gasteiger partial charge in [0.1, 0.15) is 0 Å². The van der Waals surface area contributed by atoms with E-state index in [1.165, 1.54) is 205 Å². The highest BCUT2D eigenvalue weighted by atomic mass is 16.5. The predicted octanol–water partition coefficient (Wildman–Crippen LogP) is 13.0. The van der Waals surface area contributed by atoms with Crippen LogP contribution in [0.15, 0.2) is 0 Å². The van der Waals surface area contributed by atoms with Gasteiger partial charge in [0, 0.05) is 19.8 Å². The van der Waals surface area contributed by atoms with Gasteiger partial charge in [-0.25, -0.2) is 0 Å². The van der Waals surface area contributed by atoms with Crippen molar-refractivity contribution in [3.8, 4) is 0 Å². The van der Waals surface area contributed by atoms with Gasteiger partial charge in [0.05, 0.1) is 6.42 Å². The molecule has 264 valence electrons. The van der Waals surface area contributed by atoms with Crippen LogP contribution in [0, 0.1) is 0 Å². The Labute approximate surface area is 277 Å². The van der Waals surface area contributed by atoms with Gasteiger partial charge in [-0.15, -0.1) is 0 Å². The Bertz CT molecular complexity index is 527. The molecule has 0 bridgehead atoms. The Morgan fingerprint density at radius 2 is 0.682 bits per heavy atom. The lowest BCUT2D eigenvalue weighted by Gasteiger charge is -2.06. The van der Waals surface area contributed by atoms with Crippen molar-refractivity contribution in [3.63, 3.8) is 0 Å². The Balaban J connectivity index is 3.04. The quantitative estimate of drug-likeness (QED) is 0.0667. The monoisotopic (exact) mass is 624 g/mol. The van der Waals surface area contributed by atoms with Crippen LogP contribution in [0.3, 0.4) is 0 Å². The lowest BCUT2D eigenvalue weighted by molar-refractivity contribution is -0.136. The van der Waals surface area contributed by atoms with Crippen molar-refractivity contribution in [1.29, 1.82) is 0 Å². The minimum absolute atomic E-state index is 0.195. The van der Waals surface area contributed by atoms with Crippen LogP contribution < -0.4 is 5.32 Å². The summed E-state index contributed by atoms with van der Waals surface area (Å²) in [7, 11) is 0. The summed E-state index contributed by atoms with van der Waals surface area (Å²) in [5, 5.41) is 11.7. The third-order valence-electron chi connectivity index (χ3n) is 9.30. The summed E-state index contributed by atoms with van der Waals surface area (Å²) in [4.78, 5) is 10.4. The highest BCUT2D eigenvalue weighted by Gasteiger charge is 1.98. The van der Waals surface area contributed by atoms with E-state index in [2.05, 4.69) is 12.2 Å². The average molecular weight is 624 g/mol. The number of nitrogens with one attached hydrogen (secondary N) is 1. The van der Waals surface area contributed by atoms with Crippen LogP contribution in [0.5, 0.6) is 0 Å². The van der Waals surface area contributed by atoms with Crippen LogP contribution in [-0.4, -0.2) is 37.4 Å². The lowest BCUT2D eigenvalue weighted by Crippen LogP contribution is -2.20. The number of hydrogen-bond acceptors (Lipinski definition) is 3. The Hall–Kier alpha value is -0.610. The van der Waals surface area contributed by atoms with Crippen molar-refractivity contribution in [1.82, 2.24) is 5.32 Å². The molecule has 0 aliphatic rings. The summed E-state index contributed by atoms with van der Waals surface area (Å²) >= 11 is 0. The zero-order valence-corrected chi connectivity index (χ0v) is 30.1. The number of unbranched alkanes of at least 4 members (excludes halogenated alkanes) is 31. The highest BCUT2D eigenvalue weighted by molar-refractivity contribution is 5.66. The molecule has 0 spiro atoms. The van der Waals surface area contributed by atoms with Crippen molar-refractivity contribution in [2.45, 2.75) is 225 Å². The SMILES string of the molecule is CCCCCCCCCCCCCCCCCCCCCCCCCCCCCCCCCCOCCCNCCC(=O)O. The second-order valence-corrected chi connectivity index (χ2v) is 13.8. The maximum Gasteiger partial charge on any atom is 0.304 e. The first-order valence-corrected chi connectivity index (χ1v) is 20.3. The largest absolute Gasteiger partial charge is 0.481 e. The molecule has 0 heterocycles. The number of carboxylic acid groups (broad SMARTS) is 1. The number of aliphatic carboxylic acids is 1. The molecule has 0 saturated carbocycles. The summed E-state index contributed by atoms with van der Waals surface area (Å²) in [5.74, 6) is -0.740. The van der Waals surface area contributed by atoms with E-state index in [-0.39, 0.29) is 6.42 Å². The van der Waals surface area contributed by atoms with Crippen molar-refractivity contribution in [2.24, 2.45) is 0 Å². The third-order valence-corrected chi connectivity index (χ3v) is 9.30. The predicted molar refractivity (Wildman–Crippen MR) is 194 cm³/mol. The summed E-state index contributed by atoms with van der Waals surface area (Å²) < 4.78 is 5.67. The summed E-state index contributed by atoms with van der Waals surface area (Å²) in [6.45, 7) is 5.34. The first kappa shape index (κ1) is 43.4. The number of ether oxygens (including phenoxy) is 1. The molecule has 0 saturated heterocycles. The van der Waals surface area contributed by atoms with Gasteiger partial charge in [-0.2, -0.15) is 0 Å². The van der Waals surface area contributed by atoms with E-state index in [0.29, 0.717) is 6.54 Å². The van der Waals surface area contributed by atoms with Gasteiger partial charge in [0.25, 0.3) is 0 Å². The van der Waals surface area contributed by atoms with Crippen LogP contribution in [0.2, 0.25) is 0 Å². The molecule has 0 unspecified atom stereocenters. The van der Waals surface area contributed by atoms with Crippen molar-refractivity contribution in [2.75, 3.05) is 26.3 Å². The molecule has 0 amide bonds. The molecule has 0 aromatic heterocycles. The Morgan fingerprint density at radius 3 is 0.977 bits per heavy atom. The smallest absolute Gasteiger partial charge is 0.304 e. The fourth-order valence-corrected chi connectivity index (χ4v) is 6.30. The number of carboxylic acids is 1. The normalized spacial score (nSPS) is 11.5. The molecular weight excluding hydrogens is 542 g/mol. The van der Waals surface area contributed by atoms with Crippen molar-refractivity contribution >= 4 is 5.97 Å². The van der Waals surface area contributed by atoms with Crippen LogP contribution in [-0.2, 0) is 9.53 Å². The fraction of sp³-hybridized carbons (Fsp3) is 0.975. The maximum absolute atomic E-state index is 10.4. The molecule has 4 heteroatoms. The molecule has 44 heavy (non-hydrogen) atoms. The Kier molecular flexibility index (Phi) is 39.9. The second-order valence-electron chi connectivity index (χ2n) is 13.8. The van der Waals surface area contributed by atoms with Crippen LogP contribution in [0.4, 0.5) is 0 Å². The minimum Gasteiger partial charge on any atom is -0.481 e. The van der Waals surface area contributed by atoms with Crippen LogP contribution in [0.25, 0.3) is 0 Å². The molecule has 0 rings (SSSR count). The first-order valence-electron chi connectivity index (χ1n) is 20.3. The number of hydrogen-bond donors (Lipinski definition) is 2. The third kappa shape index (κ3) is 41.4. The van der Waals surface area contributed by atoms with Gasteiger partial charge in [-0.05, 0) is 19.4 Å². The molecule has 0 aromatic rings. The van der Waals surface area contributed by atoms with E-state index in [1.807, 2.05) is 0 Å². The Morgan fingerprint density at radius 1 is 0.409 bits per heavy atom. The van der Waals surface area contributed by atoms with Crippen molar-refractivity contribution in [3.05, 3.63) is 0 Å². The average Bonchev–Trinajstić information content (AvgIpc) is 3.02. The summed E-state index contributed by atoms with van der Waals surface area (Å²) in [5.41, 5.74) is 0. The molecule has 4 nitrogen and oxygen atoms in total. The van der Waals surface area contributed by atoms with E-state index in [0.717, 1.165) is 26.2 Å². The molecule has 2 N–H and O–H groups in total. The van der Waals surface area contributed by atoms with E-state index in [4.69, 9.17) is 9.84 Å². The molecule has 0 fully saturated rings. The van der Waals surface area contributed by atoms with Gasteiger partial charge in [0.15, 0.2) is 0 Å². The fourth-order valence-electron chi connectivity index (χ4n) is 6.30. The van der Waals surface area contributed by atoms with Gasteiger partial charge < -0.3 is 15.2 Å². The van der Waals surface area contributed by atoms with E-state index in [9.17, 15) is 4.79 Å². The number of carbonyl (C=O) groups is 1. The first-order chi connectivity index (χ1) is 21.8. The van der Waals surface area contributed by atoms with Gasteiger partial charge in [-0.3, -0.25) is 4.79 Å². The van der Waals surface area contributed by atoms with Crippen LogP contribution >= 0.6 is 0 Å².